The molecule has 0 saturated heterocycles. The Labute approximate surface area is 508 Å². The molecule has 0 nitrogen and oxygen atoms in total. The van der Waals surface area contributed by atoms with Crippen molar-refractivity contribution in [1.29, 1.82) is 0 Å². The lowest BCUT2D eigenvalue weighted by Crippen LogP contribution is -2.14. The molecular weight excluding hydrogens is 925 g/mol. The number of hydrogen-bond acceptors (Lipinski definition) is 0. The van der Waals surface area contributed by atoms with Crippen LogP contribution in [0.2, 0.25) is 0 Å². The highest BCUT2D eigenvalue weighted by Gasteiger charge is 2.20. The lowest BCUT2D eigenvalue weighted by atomic mass is 9.80. The van der Waals surface area contributed by atoms with Crippen LogP contribution in [-0.2, 0) is 5.41 Å². The lowest BCUT2D eigenvalue weighted by Gasteiger charge is -2.25. The fourth-order valence-electron chi connectivity index (χ4n) is 8.95. The van der Waals surface area contributed by atoms with Crippen molar-refractivity contribution in [3.05, 3.63) is 208 Å². The van der Waals surface area contributed by atoms with E-state index >= 15 is 0 Å². The molecule has 0 N–H and O–H groups in total. The van der Waals surface area contributed by atoms with Gasteiger partial charge in [-0.1, -0.05) is 259 Å². The van der Waals surface area contributed by atoms with Crippen LogP contribution < -0.4 is 0 Å². The molecule has 3 atom stereocenters. The van der Waals surface area contributed by atoms with E-state index in [0.29, 0.717) is 22.3 Å². The SMILES string of the molecule is Cc1ccc(C)cc1.[2H]C(C)(C)c1cc(C(C)(C)C)cc(C([2H])(C)C)c1C.[2H]C(C)(C)c1cc(C([2H])(C)C([2H])([2H])[2H])c(C)c(C([2H])(C)C([2H])([2H])[2H])c1.[2H]C(C)(C)c1cccc(C([2H])(C)C([2H])([2H])[2H])c1C.[2H]C(C)(C)c1cccc(C([2H])(C)C)c1C.[2H]C([2H])([2H])c1cc(C)cc(C)c1C. The smallest absolute Gasteiger partial charge is 0.0347 e. The summed E-state index contributed by atoms with van der Waals surface area (Å²) >= 11 is 0. The molecule has 426 valence electrons. The lowest BCUT2D eigenvalue weighted by molar-refractivity contribution is 0.586. The molecule has 0 heterocycles. The fourth-order valence-corrected chi connectivity index (χ4v) is 8.95. The van der Waals surface area contributed by atoms with Gasteiger partial charge >= 0.3 is 0 Å². The first-order valence-corrected chi connectivity index (χ1v) is 27.3. The Hall–Kier alpha value is -4.68. The van der Waals surface area contributed by atoms with Crippen LogP contribution in [0.1, 0.15) is 338 Å². The molecule has 0 bridgehead atoms. The third-order valence-electron chi connectivity index (χ3n) is 13.9. The largest absolute Gasteiger partial charge is 0.0617 e. The number of aryl methyl sites for hydroxylation is 5. The van der Waals surface area contributed by atoms with E-state index in [-0.39, 0.29) is 16.5 Å². The summed E-state index contributed by atoms with van der Waals surface area (Å²) < 4.78 is 165. The van der Waals surface area contributed by atoms with Crippen molar-refractivity contribution in [3.8, 4) is 0 Å². The maximum absolute atomic E-state index is 8.39. The van der Waals surface area contributed by atoms with E-state index in [1.807, 2.05) is 120 Å². The second-order valence-corrected chi connectivity index (χ2v) is 23.4. The highest BCUT2D eigenvalue weighted by atomic mass is 14.2. The Morgan fingerprint density at radius 1 is 0.312 bits per heavy atom. The van der Waals surface area contributed by atoms with Crippen molar-refractivity contribution in [2.24, 2.45) is 0 Å². The van der Waals surface area contributed by atoms with Crippen molar-refractivity contribution < 1.29 is 28.8 Å². The summed E-state index contributed by atoms with van der Waals surface area (Å²) in [4.78, 5) is 0. The van der Waals surface area contributed by atoms with Gasteiger partial charge in [-0.25, -0.2) is 0 Å². The summed E-state index contributed by atoms with van der Waals surface area (Å²) in [5.74, 6) is -10.0. The molecule has 6 aromatic carbocycles. The second kappa shape index (κ2) is 32.4. The number of benzene rings is 6. The van der Waals surface area contributed by atoms with Gasteiger partial charge in [-0.15, -0.1) is 0 Å². The van der Waals surface area contributed by atoms with E-state index in [2.05, 4.69) is 71.0 Å². The van der Waals surface area contributed by atoms with Gasteiger partial charge in [0, 0.05) is 28.8 Å². The van der Waals surface area contributed by atoms with Gasteiger partial charge < -0.3 is 0 Å². The normalized spacial score (nSPS) is 19.1. The summed E-state index contributed by atoms with van der Waals surface area (Å²) in [5, 5.41) is 0. The summed E-state index contributed by atoms with van der Waals surface area (Å²) in [7, 11) is 0. The highest BCUT2D eigenvalue weighted by Crippen LogP contribution is 2.35. The third-order valence-corrected chi connectivity index (χ3v) is 13.9. The first kappa shape index (κ1) is 42.2. The molecule has 0 saturated carbocycles. The minimum absolute atomic E-state index is 0.0354. The van der Waals surface area contributed by atoms with Crippen LogP contribution in [0.5, 0.6) is 0 Å². The predicted molar refractivity (Wildman–Crippen MR) is 352 cm³/mol. The minimum atomic E-state index is -2.64. The van der Waals surface area contributed by atoms with E-state index in [4.69, 9.17) is 28.8 Å². The van der Waals surface area contributed by atoms with Crippen molar-refractivity contribution in [1.82, 2.24) is 0 Å². The van der Waals surface area contributed by atoms with Crippen LogP contribution in [0.3, 0.4) is 0 Å². The van der Waals surface area contributed by atoms with Gasteiger partial charge in [0.1, 0.15) is 0 Å². The first-order valence-electron chi connectivity index (χ1n) is 37.8. The van der Waals surface area contributed by atoms with Gasteiger partial charge in [0.2, 0.25) is 0 Å². The minimum Gasteiger partial charge on any atom is -0.0617 e. The van der Waals surface area contributed by atoms with E-state index < -0.39 is 80.5 Å². The van der Waals surface area contributed by atoms with Crippen LogP contribution in [0.25, 0.3) is 0 Å². The average molecular weight is 1060 g/mol. The van der Waals surface area contributed by atoms with Crippen LogP contribution in [-0.4, -0.2) is 0 Å². The standard InChI is InChI=1S/C17H28.C16H26.2C13H20.C10H14.C8H10/c1-11(2)15-9-14(17(6,7)8)10-16(12(3)4)13(15)5;1-10(2)14-8-15(11(3)4)13(7)16(9-14)12(5)6;2*1-9(2)12-7-6-8-13(10(3)4)11(12)5;1-7-5-8(2)10(4)9(3)6-7;1-7-3-5-8(2)6-4-7/h9-12H,1-8H3;8-12H,1-7H3;2*6-10H,1-5H3;5-6H,1-4H3;3-6H,1-2H3/i11D,12D;3D3,5D3,10D,11D,12D;1D3,9D,10D;9D,10D;2D3;. The predicted octanol–water partition coefficient (Wildman–Crippen LogP) is 24.6. The maximum Gasteiger partial charge on any atom is 0.0347 e. The van der Waals surface area contributed by atoms with Crippen molar-refractivity contribution in [3.63, 3.8) is 0 Å². The zero-order valence-electron chi connectivity index (χ0n) is 74.2. The van der Waals surface area contributed by atoms with Crippen LogP contribution in [0.15, 0.2) is 97.1 Å². The molecule has 0 spiro atoms. The van der Waals surface area contributed by atoms with Gasteiger partial charge in [0.15, 0.2) is 0 Å². The molecule has 6 aromatic rings. The maximum atomic E-state index is 8.39. The molecule has 3 unspecified atom stereocenters. The highest BCUT2D eigenvalue weighted by molar-refractivity contribution is 5.45. The van der Waals surface area contributed by atoms with Gasteiger partial charge in [-0.05, 0) is 222 Å². The Kier molecular flexibility index (Phi) is 17.8. The fraction of sp³-hybridized carbons (Fsp3) is 0.532. The average Bonchev–Trinajstić information content (AvgIpc) is 0.748. The molecule has 0 aliphatic heterocycles. The molecule has 0 aliphatic carbocycles. The summed E-state index contributed by atoms with van der Waals surface area (Å²) in [5.41, 5.74) is 16.5. The van der Waals surface area contributed by atoms with Gasteiger partial charge in [-0.3, -0.25) is 0 Å². The first-order chi connectivity index (χ1) is 43.1. The number of hydrogen-bond donors (Lipinski definition) is 0. The van der Waals surface area contributed by atoms with Crippen LogP contribution in [0.4, 0.5) is 0 Å². The summed E-state index contributed by atoms with van der Waals surface area (Å²) in [6.07, 6.45) is 0. The topological polar surface area (TPSA) is 0 Å². The monoisotopic (exact) mass is 1060 g/mol. The second-order valence-electron chi connectivity index (χ2n) is 23.4. The van der Waals surface area contributed by atoms with Gasteiger partial charge in [-0.2, -0.15) is 0 Å². The van der Waals surface area contributed by atoms with Crippen molar-refractivity contribution in [2.75, 3.05) is 0 Å². The molecule has 0 aromatic heterocycles. The Morgan fingerprint density at radius 3 is 0.883 bits per heavy atom. The zero-order valence-corrected chi connectivity index (χ0v) is 53.2. The third kappa shape index (κ3) is 22.5. The molecular formula is C77H118. The molecule has 0 amide bonds. The zero-order chi connectivity index (χ0) is 77.9. The summed E-state index contributed by atoms with van der Waals surface area (Å²) in [6.45, 7) is 40.0. The molecule has 6 rings (SSSR count). The van der Waals surface area contributed by atoms with E-state index in [0.717, 1.165) is 61.2 Å². The Bertz CT molecular complexity index is 3460. The van der Waals surface area contributed by atoms with Crippen LogP contribution in [0, 0.1) is 69.2 Å². The van der Waals surface area contributed by atoms with E-state index in [9.17, 15) is 0 Å². The quantitative estimate of drug-likeness (QED) is 0.135. The van der Waals surface area contributed by atoms with Crippen molar-refractivity contribution >= 4 is 0 Å². The Balaban J connectivity index is 0.000000603. The summed E-state index contributed by atoms with van der Waals surface area (Å²) in [6, 6.07) is 30.6. The molecule has 0 radical (unpaired) electrons. The molecule has 0 fully saturated rings. The van der Waals surface area contributed by atoms with E-state index in [1.54, 1.807) is 59.7 Å². The van der Waals surface area contributed by atoms with Crippen molar-refractivity contribution in [2.45, 2.75) is 273 Å². The van der Waals surface area contributed by atoms with Gasteiger partial charge in [0.25, 0.3) is 0 Å². The molecule has 77 heavy (non-hydrogen) atoms. The molecule has 0 aliphatic rings. The molecule has 0 heteroatoms. The van der Waals surface area contributed by atoms with Gasteiger partial charge in [0.05, 0.1) is 0 Å². The van der Waals surface area contributed by atoms with E-state index in [1.165, 1.54) is 49.6 Å². The Morgan fingerprint density at radius 2 is 0.597 bits per heavy atom. The van der Waals surface area contributed by atoms with Crippen LogP contribution >= 0.6 is 0 Å². The number of rotatable bonds is 9.